The molecule has 0 aliphatic heterocycles. The van der Waals surface area contributed by atoms with Gasteiger partial charge in [0.25, 0.3) is 0 Å². The van der Waals surface area contributed by atoms with Crippen molar-refractivity contribution < 1.29 is 33.0 Å². The van der Waals surface area contributed by atoms with Gasteiger partial charge in [0.2, 0.25) is 0 Å². The van der Waals surface area contributed by atoms with Gasteiger partial charge in [-0.3, -0.25) is 0 Å². The topological polar surface area (TPSA) is 0 Å². The summed E-state index contributed by atoms with van der Waals surface area (Å²) in [7, 11) is 8.46. The molecule has 8 heteroatoms. The van der Waals surface area contributed by atoms with Gasteiger partial charge in [0.15, 0.2) is 0 Å². The van der Waals surface area contributed by atoms with Gasteiger partial charge in [0.05, 0.1) is 5.34 Å². The van der Waals surface area contributed by atoms with Crippen molar-refractivity contribution in [2.24, 2.45) is 0 Å². The molecule has 0 aliphatic rings. The van der Waals surface area contributed by atoms with Crippen molar-refractivity contribution in [1.29, 1.82) is 0 Å². The maximum atomic E-state index is 4.81. The van der Waals surface area contributed by atoms with Crippen LogP contribution >= 0.6 is 58.1 Å². The summed E-state index contributed by atoms with van der Waals surface area (Å²) < 4.78 is 0. The van der Waals surface area contributed by atoms with Gasteiger partial charge in [-0.2, -0.15) is 0 Å². The van der Waals surface area contributed by atoms with Gasteiger partial charge >= 0.3 is 35.0 Å². The summed E-state index contributed by atoms with van der Waals surface area (Å²) in [6, 6.07) is 66.0. The molecule has 6 aromatic rings. The Hall–Kier alpha value is -1.22. The maximum absolute atomic E-state index is 4.81. The second kappa shape index (κ2) is 23.2. The van der Waals surface area contributed by atoms with Crippen LogP contribution in [0.1, 0.15) is 0 Å². The molecule has 0 unspecified atom stereocenters. The molecular weight excluding hydrogens is 786 g/mol. The number of rotatable bonds is 6. The van der Waals surface area contributed by atoms with E-state index in [1.807, 2.05) is 24.3 Å². The summed E-state index contributed by atoms with van der Waals surface area (Å²) >= 11 is 9.42. The number of halogens is 4. The molecule has 0 saturated carbocycles. The van der Waals surface area contributed by atoms with Crippen molar-refractivity contribution in [3.63, 3.8) is 0 Å². The summed E-state index contributed by atoms with van der Waals surface area (Å²) in [5, 5.41) is 7.53. The van der Waals surface area contributed by atoms with E-state index in [-0.39, 0.29) is 38.3 Å². The number of hydrogen-bond acceptors (Lipinski definition) is 0. The van der Waals surface area contributed by atoms with Crippen LogP contribution in [0.15, 0.2) is 121 Å². The molecular formula is C35H22Cl4FeP2Pd-10. The second-order valence-electron chi connectivity index (χ2n) is 7.86. The molecule has 6 rings (SSSR count). The van der Waals surface area contributed by atoms with Crippen LogP contribution in [0.2, 0.25) is 0 Å². The fourth-order valence-corrected chi connectivity index (χ4v) is 7.95. The van der Waals surface area contributed by atoms with Crippen LogP contribution in [0.3, 0.4) is 0 Å². The Morgan fingerprint density at radius 1 is 0.465 bits per heavy atom. The summed E-state index contributed by atoms with van der Waals surface area (Å²) in [6.07, 6.45) is 0. The Bertz CT molecular complexity index is 1260. The van der Waals surface area contributed by atoms with E-state index >= 15 is 0 Å². The zero-order chi connectivity index (χ0) is 29.8. The standard InChI is InChI=1S/2C17H10P.CH2Cl2.2ClH.Fe.Pd/c2*1-3-9-15(10-4-1)18(17-13-7-8-14-17)16-11-5-2-6-12-16;2-1-3;;;;/h2*1-6,9-12H;1H2;2*1H;;/q2*-5;;;;;+2/p-2. The monoisotopic (exact) mass is 806 g/mol. The first-order valence-electron chi connectivity index (χ1n) is 12.3. The van der Waals surface area contributed by atoms with Crippen molar-refractivity contribution in [3.8, 4) is 0 Å². The van der Waals surface area contributed by atoms with E-state index in [9.17, 15) is 0 Å². The Labute approximate surface area is 295 Å². The van der Waals surface area contributed by atoms with Gasteiger partial charge in [-0.1, -0.05) is 143 Å². The van der Waals surface area contributed by atoms with E-state index in [1.54, 1.807) is 0 Å². The van der Waals surface area contributed by atoms with E-state index in [4.69, 9.17) is 42.3 Å². The van der Waals surface area contributed by atoms with E-state index in [0.717, 1.165) is 10.6 Å². The summed E-state index contributed by atoms with van der Waals surface area (Å²) in [6.45, 7) is 0. The predicted molar refractivity (Wildman–Crippen MR) is 180 cm³/mol. The molecule has 43 heavy (non-hydrogen) atoms. The largest absolute Gasteiger partial charge is 0.998 e. The van der Waals surface area contributed by atoms with Crippen LogP contribution in [0.5, 0.6) is 0 Å². The quantitative estimate of drug-likeness (QED) is 0.0708. The summed E-state index contributed by atoms with van der Waals surface area (Å²) in [4.78, 5) is 0. The minimum Gasteiger partial charge on any atom is -0.998 e. The zero-order valence-electron chi connectivity index (χ0n) is 22.3. The molecule has 0 N–H and O–H groups in total. The average molecular weight is 809 g/mol. The molecule has 0 fully saturated rings. The average Bonchev–Trinajstić information content (AvgIpc) is 3.77. The smallest absolute Gasteiger partial charge is 0 e. The van der Waals surface area contributed by atoms with Crippen LogP contribution in [0.25, 0.3) is 0 Å². The van der Waals surface area contributed by atoms with E-state index < -0.39 is 15.8 Å². The number of hydrogen-bond donors (Lipinski definition) is 0. The molecule has 0 aromatic heterocycles. The number of benzene rings is 4. The molecule has 0 radical (unpaired) electrons. The van der Waals surface area contributed by atoms with Crippen LogP contribution in [-0.2, 0) is 33.0 Å². The number of alkyl halides is 2. The van der Waals surface area contributed by atoms with E-state index in [2.05, 4.69) is 146 Å². The normalized spacial score (nSPS) is 9.91. The van der Waals surface area contributed by atoms with E-state index in [1.165, 1.54) is 21.2 Å². The van der Waals surface area contributed by atoms with Gasteiger partial charge in [0.1, 0.15) is 0 Å². The van der Waals surface area contributed by atoms with Crippen LogP contribution in [-0.4, -0.2) is 5.34 Å². The fraction of sp³-hybridized carbons (Fsp3) is 0.0286. The Morgan fingerprint density at radius 2 is 0.651 bits per heavy atom. The molecule has 0 saturated heterocycles. The second-order valence-corrected chi connectivity index (χ2v) is 15.3. The van der Waals surface area contributed by atoms with Gasteiger partial charge in [-0.05, 0) is 0 Å². The SMILES string of the molecule is ClCCl.[Cl][Pd][Cl].[Fe].[c-]1[c-][c-][c-](P(c2ccccc2)c2ccccc2)[c-]1.[c-]1[c-][c-][c-](P(c2ccccc2)c2ccccc2)[c-]1. The molecule has 0 heterocycles. The molecule has 0 spiro atoms. The first kappa shape index (κ1) is 38.0. The van der Waals surface area contributed by atoms with Crippen LogP contribution in [0.4, 0.5) is 0 Å². The fourth-order valence-electron chi connectivity index (χ4n) is 3.77. The molecule has 0 aliphatic carbocycles. The molecule has 0 bridgehead atoms. The van der Waals surface area contributed by atoms with Gasteiger partial charge in [-0.25, -0.2) is 15.8 Å². The molecule has 6 aromatic carbocycles. The third-order valence-corrected chi connectivity index (χ3v) is 9.95. The van der Waals surface area contributed by atoms with Gasteiger partial charge < -0.3 is 59.1 Å². The summed E-state index contributed by atoms with van der Waals surface area (Å²) in [5.41, 5.74) is 0. The van der Waals surface area contributed by atoms with Crippen molar-refractivity contribution in [2.45, 2.75) is 0 Å². The third-order valence-electron chi connectivity index (χ3n) is 5.35. The molecule has 0 atom stereocenters. The third kappa shape index (κ3) is 13.0. The van der Waals surface area contributed by atoms with Crippen molar-refractivity contribution in [3.05, 3.63) is 170 Å². The van der Waals surface area contributed by atoms with Crippen molar-refractivity contribution >= 4 is 89.9 Å². The molecule has 228 valence electrons. The predicted octanol–water partition coefficient (Wildman–Crippen LogP) is 7.52. The first-order valence-corrected chi connectivity index (χ1v) is 20.0. The van der Waals surface area contributed by atoms with Crippen molar-refractivity contribution in [1.82, 2.24) is 0 Å². The molecule has 0 amide bonds. The molecule has 0 nitrogen and oxygen atoms in total. The van der Waals surface area contributed by atoms with E-state index in [0.29, 0.717) is 0 Å². The minimum atomic E-state index is -0.583. The maximum Gasteiger partial charge on any atom is 0 e. The minimum absolute atomic E-state index is 0. The zero-order valence-corrected chi connectivity index (χ0v) is 29.8. The van der Waals surface area contributed by atoms with Crippen LogP contribution in [0, 0.1) is 48.5 Å². The van der Waals surface area contributed by atoms with Crippen molar-refractivity contribution in [2.75, 3.05) is 5.34 Å². The first-order chi connectivity index (χ1) is 20.7. The summed E-state index contributed by atoms with van der Waals surface area (Å²) in [5.74, 6) is 0. The Morgan fingerprint density at radius 3 is 0.837 bits per heavy atom. The Balaban J connectivity index is 0.000000249. The van der Waals surface area contributed by atoms with Gasteiger partial charge in [-0.15, -0.1) is 23.2 Å². The Kier molecular flexibility index (Phi) is 20.5. The van der Waals surface area contributed by atoms with Gasteiger partial charge in [0, 0.05) is 17.1 Å². The van der Waals surface area contributed by atoms with Crippen LogP contribution < -0.4 is 31.8 Å².